The van der Waals surface area contributed by atoms with Crippen molar-refractivity contribution in [3.05, 3.63) is 0 Å². The van der Waals surface area contributed by atoms with Crippen molar-refractivity contribution in [1.82, 2.24) is 0 Å². The number of unbranched alkanes of at least 4 members (excludes halogenated alkanes) is 26. The van der Waals surface area contributed by atoms with Crippen LogP contribution in [0.25, 0.3) is 0 Å². The normalized spacial score (nSPS) is 12.0. The summed E-state index contributed by atoms with van der Waals surface area (Å²) in [5.74, 6) is 0. The Morgan fingerprint density at radius 1 is 0.205 bits per heavy atom. The zero-order valence-corrected chi connectivity index (χ0v) is 28.5. The lowest BCUT2D eigenvalue weighted by Crippen LogP contribution is -2.50. The maximum Gasteiger partial charge on any atom is 0.0786 e. The second-order valence-corrected chi connectivity index (χ2v) is 13.4. The molecule has 0 aliphatic rings. The largest absolute Gasteiger partial charge is 0.324 e. The minimum absolute atomic E-state index is 1.37. The van der Waals surface area contributed by atoms with Gasteiger partial charge >= 0.3 is 0 Å². The van der Waals surface area contributed by atoms with Crippen LogP contribution in [0.3, 0.4) is 0 Å². The van der Waals surface area contributed by atoms with Gasteiger partial charge in [-0.05, 0) is 51.4 Å². The third kappa shape index (κ3) is 27.9. The lowest BCUT2D eigenvalue weighted by atomic mass is 10.0. The molecule has 0 fully saturated rings. The van der Waals surface area contributed by atoms with Crippen LogP contribution in [0, 0.1) is 0 Å². The van der Waals surface area contributed by atoms with E-state index in [2.05, 4.69) is 27.7 Å². The predicted octanol–water partition coefficient (Wildman–Crippen LogP) is 13.6. The van der Waals surface area contributed by atoms with Crippen molar-refractivity contribution in [3.63, 3.8) is 0 Å². The molecule has 0 amide bonds. The van der Waals surface area contributed by atoms with Crippen LogP contribution in [0.2, 0.25) is 0 Å². The first-order valence-electron chi connectivity index (χ1n) is 19.1. The molecular weight excluding hydrogens is 470 g/mol. The zero-order chi connectivity index (χ0) is 28.5. The van der Waals surface area contributed by atoms with Crippen molar-refractivity contribution in [2.75, 3.05) is 26.2 Å². The van der Waals surface area contributed by atoms with Gasteiger partial charge in [0.25, 0.3) is 0 Å². The summed E-state index contributed by atoms with van der Waals surface area (Å²) in [5, 5.41) is 0. The Balaban J connectivity index is 4.59. The van der Waals surface area contributed by atoms with E-state index >= 15 is 0 Å². The monoisotopic (exact) mass is 551 g/mol. The standard InChI is InChI=1S/C38H80N/c1-5-9-13-16-19-22-25-28-32-36-39(35-31-12-8-4,37-33-29-26-23-20-17-14-10-6-2)38-34-30-27-24-21-18-15-11-7-3/h5-38H2,1-4H3/q+1. The third-order valence-corrected chi connectivity index (χ3v) is 9.44. The van der Waals surface area contributed by atoms with Crippen molar-refractivity contribution in [3.8, 4) is 0 Å². The number of nitrogens with zero attached hydrogens (tertiary/aromatic N) is 1. The van der Waals surface area contributed by atoms with Crippen molar-refractivity contribution >= 4 is 0 Å². The van der Waals surface area contributed by atoms with Crippen LogP contribution in [0.1, 0.15) is 220 Å². The van der Waals surface area contributed by atoms with Gasteiger partial charge in [0.2, 0.25) is 0 Å². The third-order valence-electron chi connectivity index (χ3n) is 9.44. The van der Waals surface area contributed by atoms with Crippen LogP contribution in [0.4, 0.5) is 0 Å². The van der Waals surface area contributed by atoms with Gasteiger partial charge in [-0.2, -0.15) is 0 Å². The zero-order valence-electron chi connectivity index (χ0n) is 28.5. The number of hydrogen-bond acceptors (Lipinski definition) is 0. The molecule has 39 heavy (non-hydrogen) atoms. The van der Waals surface area contributed by atoms with E-state index < -0.39 is 0 Å². The first-order chi connectivity index (χ1) is 19.2. The van der Waals surface area contributed by atoms with Crippen LogP contribution in [0.5, 0.6) is 0 Å². The van der Waals surface area contributed by atoms with Crippen LogP contribution in [-0.2, 0) is 0 Å². The van der Waals surface area contributed by atoms with E-state index in [4.69, 9.17) is 0 Å². The van der Waals surface area contributed by atoms with E-state index in [1.54, 1.807) is 0 Å². The average Bonchev–Trinajstić information content (AvgIpc) is 2.94. The van der Waals surface area contributed by atoms with E-state index in [-0.39, 0.29) is 0 Å². The highest BCUT2D eigenvalue weighted by atomic mass is 15.3. The van der Waals surface area contributed by atoms with E-state index in [1.165, 1.54) is 223 Å². The molecule has 1 nitrogen and oxygen atoms in total. The average molecular weight is 551 g/mol. The van der Waals surface area contributed by atoms with E-state index in [1.807, 2.05) is 0 Å². The highest BCUT2D eigenvalue weighted by Gasteiger charge is 2.25. The Bertz CT molecular complexity index is 375. The molecule has 0 N–H and O–H groups in total. The lowest BCUT2D eigenvalue weighted by molar-refractivity contribution is -0.929. The Hall–Kier alpha value is -0.0400. The smallest absolute Gasteiger partial charge is 0.0786 e. The fourth-order valence-corrected chi connectivity index (χ4v) is 6.64. The summed E-state index contributed by atoms with van der Waals surface area (Å²) in [6.07, 6.45) is 43.7. The molecule has 0 aromatic rings. The molecule has 0 saturated heterocycles. The summed E-state index contributed by atoms with van der Waals surface area (Å²) in [4.78, 5) is 0. The molecule has 1 heteroatoms. The molecule has 0 radical (unpaired) electrons. The van der Waals surface area contributed by atoms with Gasteiger partial charge in [-0.1, -0.05) is 169 Å². The molecule has 0 aromatic heterocycles. The maximum absolute atomic E-state index is 2.39. The molecule has 0 aliphatic heterocycles. The summed E-state index contributed by atoms with van der Waals surface area (Å²) in [6, 6.07) is 0. The highest BCUT2D eigenvalue weighted by Crippen LogP contribution is 2.21. The number of quaternary nitrogens is 1. The van der Waals surface area contributed by atoms with Crippen molar-refractivity contribution in [1.29, 1.82) is 0 Å². The Labute approximate surface area is 250 Å². The van der Waals surface area contributed by atoms with Gasteiger partial charge in [-0.15, -0.1) is 0 Å². The molecule has 236 valence electrons. The summed E-state index contributed by atoms with van der Waals surface area (Å²) < 4.78 is 1.48. The molecule has 0 rings (SSSR count). The van der Waals surface area contributed by atoms with Crippen molar-refractivity contribution < 1.29 is 4.48 Å². The fraction of sp³-hybridized carbons (Fsp3) is 1.00. The summed E-state index contributed by atoms with van der Waals surface area (Å²) in [7, 11) is 0. The summed E-state index contributed by atoms with van der Waals surface area (Å²) >= 11 is 0. The van der Waals surface area contributed by atoms with Gasteiger partial charge in [0.15, 0.2) is 0 Å². The number of rotatable bonds is 34. The topological polar surface area (TPSA) is 0 Å². The van der Waals surface area contributed by atoms with Gasteiger partial charge < -0.3 is 4.48 Å². The molecular formula is C38H80N+. The lowest BCUT2D eigenvalue weighted by Gasteiger charge is -2.39. The molecule has 0 aromatic carbocycles. The highest BCUT2D eigenvalue weighted by molar-refractivity contribution is 4.55. The summed E-state index contributed by atoms with van der Waals surface area (Å²) in [6.45, 7) is 15.3. The fourth-order valence-electron chi connectivity index (χ4n) is 6.64. The molecule has 0 bridgehead atoms. The Morgan fingerprint density at radius 3 is 0.590 bits per heavy atom. The SMILES string of the molecule is CCCCCCCCCCC[N+](CCCCC)(CCCCCCCCCCC)CCCCCCCCCCC. The van der Waals surface area contributed by atoms with Gasteiger partial charge in [0.1, 0.15) is 0 Å². The van der Waals surface area contributed by atoms with Gasteiger partial charge in [0, 0.05) is 0 Å². The second kappa shape index (κ2) is 32.5. The molecule has 0 aliphatic carbocycles. The second-order valence-electron chi connectivity index (χ2n) is 13.4. The first kappa shape index (κ1) is 39.0. The minimum Gasteiger partial charge on any atom is -0.324 e. The van der Waals surface area contributed by atoms with Gasteiger partial charge in [-0.3, -0.25) is 0 Å². The quantitative estimate of drug-likeness (QED) is 0.0552. The molecule has 0 atom stereocenters. The molecule has 0 saturated carbocycles. The van der Waals surface area contributed by atoms with Crippen molar-refractivity contribution in [2.24, 2.45) is 0 Å². The first-order valence-corrected chi connectivity index (χ1v) is 19.1. The van der Waals surface area contributed by atoms with Crippen molar-refractivity contribution in [2.45, 2.75) is 220 Å². The van der Waals surface area contributed by atoms with Crippen LogP contribution in [0.15, 0.2) is 0 Å². The maximum atomic E-state index is 2.39. The number of hydrogen-bond donors (Lipinski definition) is 0. The molecule has 0 unspecified atom stereocenters. The summed E-state index contributed by atoms with van der Waals surface area (Å²) in [5.41, 5.74) is 0. The van der Waals surface area contributed by atoms with Crippen LogP contribution < -0.4 is 0 Å². The Morgan fingerprint density at radius 2 is 0.359 bits per heavy atom. The predicted molar refractivity (Wildman–Crippen MR) is 181 cm³/mol. The molecule has 0 spiro atoms. The van der Waals surface area contributed by atoms with E-state index in [0.717, 1.165) is 0 Å². The van der Waals surface area contributed by atoms with Crippen LogP contribution in [-0.4, -0.2) is 30.7 Å². The van der Waals surface area contributed by atoms with Gasteiger partial charge in [-0.25, -0.2) is 0 Å². The van der Waals surface area contributed by atoms with E-state index in [9.17, 15) is 0 Å². The van der Waals surface area contributed by atoms with Crippen LogP contribution >= 0.6 is 0 Å². The minimum atomic E-state index is 1.37. The molecule has 0 heterocycles. The van der Waals surface area contributed by atoms with Gasteiger partial charge in [0.05, 0.1) is 26.2 Å². The van der Waals surface area contributed by atoms with E-state index in [0.29, 0.717) is 0 Å². The Kier molecular flexibility index (Phi) is 32.4.